The summed E-state index contributed by atoms with van der Waals surface area (Å²) in [4.78, 5) is 0. The first-order valence-electron chi connectivity index (χ1n) is 8.11. The minimum absolute atomic E-state index is 0.270. The predicted molar refractivity (Wildman–Crippen MR) is 110 cm³/mol. The minimum Gasteiger partial charge on any atom is -0.207 e. The van der Waals surface area contributed by atoms with Crippen molar-refractivity contribution in [2.24, 2.45) is 0 Å². The highest BCUT2D eigenvalue weighted by atomic mass is 32.1. The van der Waals surface area contributed by atoms with Gasteiger partial charge in [0, 0.05) is 9.49 Å². The zero-order chi connectivity index (χ0) is 18.1. The van der Waals surface area contributed by atoms with Gasteiger partial charge in [0.15, 0.2) is 0 Å². The lowest BCUT2D eigenvalue weighted by Crippen LogP contribution is -2.11. The van der Waals surface area contributed by atoms with Gasteiger partial charge in [-0.15, -0.1) is 0 Å². The van der Waals surface area contributed by atoms with Gasteiger partial charge in [-0.1, -0.05) is 70.2 Å². The van der Waals surface area contributed by atoms with E-state index < -0.39 is 4.75 Å². The van der Waals surface area contributed by atoms with Crippen LogP contribution in [0.3, 0.4) is 0 Å². The van der Waals surface area contributed by atoms with E-state index in [-0.39, 0.29) is 10.6 Å². The molecule has 0 saturated heterocycles. The van der Waals surface area contributed by atoms with Gasteiger partial charge >= 0.3 is 0 Å². The van der Waals surface area contributed by atoms with Crippen LogP contribution in [0.5, 0.6) is 0 Å². The molecule has 0 amide bonds. The molecular weight excluding hydrogens is 323 g/mol. The lowest BCUT2D eigenvalue weighted by molar-refractivity contribution is 0.658. The quantitative estimate of drug-likeness (QED) is 0.475. The maximum atomic E-state index is 13.5. The van der Waals surface area contributed by atoms with Crippen LogP contribution in [0.4, 0.5) is 4.39 Å². The largest absolute Gasteiger partial charge is 0.207 e. The standard InChI is InChI=1S/C16H17FS2.2C2H6/c1-15(18)8-4-3-5-12(9-15)13-6-7-14(17)11-16(2,19)10-13;2*1-2/h3-11,18-19H,1-2H3;2*1-2H3. The third kappa shape index (κ3) is 7.94. The van der Waals surface area contributed by atoms with Crippen LogP contribution < -0.4 is 0 Å². The van der Waals surface area contributed by atoms with E-state index in [0.29, 0.717) is 0 Å². The van der Waals surface area contributed by atoms with Crippen LogP contribution in [0.15, 0.2) is 71.7 Å². The molecule has 0 N–H and O–H groups in total. The van der Waals surface area contributed by atoms with Crippen molar-refractivity contribution >= 4 is 25.3 Å². The number of hydrogen-bond acceptors (Lipinski definition) is 2. The normalized spacial score (nSPS) is 28.8. The van der Waals surface area contributed by atoms with Crippen LogP contribution in [-0.2, 0) is 0 Å². The number of rotatable bonds is 1. The van der Waals surface area contributed by atoms with Crippen molar-refractivity contribution in [2.45, 2.75) is 51.0 Å². The number of allylic oxidation sites excluding steroid dienone is 8. The monoisotopic (exact) mass is 352 g/mol. The van der Waals surface area contributed by atoms with Crippen molar-refractivity contribution in [3.63, 3.8) is 0 Å². The van der Waals surface area contributed by atoms with Gasteiger partial charge in [-0.05, 0) is 37.1 Å². The molecule has 2 aliphatic carbocycles. The summed E-state index contributed by atoms with van der Waals surface area (Å²) in [7, 11) is 0. The van der Waals surface area contributed by atoms with Crippen LogP contribution in [0.2, 0.25) is 0 Å². The molecule has 0 aromatic carbocycles. The molecule has 0 spiro atoms. The Hall–Kier alpha value is -0.930. The Kier molecular flexibility index (Phi) is 9.64. The molecule has 3 heteroatoms. The molecule has 23 heavy (non-hydrogen) atoms. The first-order chi connectivity index (χ1) is 10.8. The molecular formula is C20H29FS2. The van der Waals surface area contributed by atoms with Crippen molar-refractivity contribution in [2.75, 3.05) is 0 Å². The van der Waals surface area contributed by atoms with Crippen molar-refractivity contribution < 1.29 is 4.39 Å². The van der Waals surface area contributed by atoms with Crippen LogP contribution >= 0.6 is 25.3 Å². The molecule has 0 aromatic heterocycles. The van der Waals surface area contributed by atoms with Crippen molar-refractivity contribution in [1.82, 2.24) is 0 Å². The van der Waals surface area contributed by atoms with Gasteiger partial charge in [0.05, 0.1) is 0 Å². The molecule has 2 unspecified atom stereocenters. The van der Waals surface area contributed by atoms with Gasteiger partial charge in [0.25, 0.3) is 0 Å². The Morgan fingerprint density at radius 1 is 0.739 bits per heavy atom. The summed E-state index contributed by atoms with van der Waals surface area (Å²) in [5.41, 5.74) is 1.96. The summed E-state index contributed by atoms with van der Waals surface area (Å²) in [5.74, 6) is -0.270. The SMILES string of the molecule is CC.CC.CC1(S)C=CC=CC(C2=CC(C)(S)C=C(F)C=C2)=C1. The fraction of sp³-hybridized carbons (Fsp3) is 0.400. The lowest BCUT2D eigenvalue weighted by Gasteiger charge is -2.17. The first-order valence-corrected chi connectivity index (χ1v) is 9.00. The third-order valence-corrected chi connectivity index (χ3v) is 3.44. The predicted octanol–water partition coefficient (Wildman–Crippen LogP) is 6.82. The Labute approximate surface area is 152 Å². The summed E-state index contributed by atoms with van der Waals surface area (Å²) in [6, 6.07) is 0. The zero-order valence-electron chi connectivity index (χ0n) is 15.0. The Balaban J connectivity index is 0.00000112. The van der Waals surface area contributed by atoms with Crippen LogP contribution in [0.25, 0.3) is 0 Å². The van der Waals surface area contributed by atoms with Gasteiger partial charge in [-0.3, -0.25) is 0 Å². The molecule has 128 valence electrons. The number of thiol groups is 2. The van der Waals surface area contributed by atoms with Gasteiger partial charge in [-0.2, -0.15) is 25.3 Å². The maximum Gasteiger partial charge on any atom is 0.120 e. The smallest absolute Gasteiger partial charge is 0.120 e. The third-order valence-electron chi connectivity index (χ3n) is 2.90. The van der Waals surface area contributed by atoms with Crippen molar-refractivity contribution in [3.05, 3.63) is 71.7 Å². The van der Waals surface area contributed by atoms with E-state index in [0.717, 1.165) is 11.1 Å². The van der Waals surface area contributed by atoms with E-state index in [1.54, 1.807) is 6.08 Å². The minimum atomic E-state index is -0.607. The highest BCUT2D eigenvalue weighted by Gasteiger charge is 2.20. The second kappa shape index (κ2) is 10.0. The van der Waals surface area contributed by atoms with Crippen LogP contribution in [0, 0.1) is 0 Å². The molecule has 0 fully saturated rings. The van der Waals surface area contributed by atoms with Gasteiger partial charge in [0.2, 0.25) is 0 Å². The Bertz CT molecular complexity index is 556. The van der Waals surface area contributed by atoms with Crippen molar-refractivity contribution in [3.8, 4) is 0 Å². The lowest BCUT2D eigenvalue weighted by atomic mass is 9.98. The van der Waals surface area contributed by atoms with Crippen molar-refractivity contribution in [1.29, 1.82) is 0 Å². The molecule has 0 heterocycles. The maximum absolute atomic E-state index is 13.5. The van der Waals surface area contributed by atoms with Crippen LogP contribution in [0.1, 0.15) is 41.5 Å². The second-order valence-corrected chi connectivity index (χ2v) is 7.16. The summed E-state index contributed by atoms with van der Waals surface area (Å²) in [6.07, 6.45) is 16.7. The topological polar surface area (TPSA) is 0 Å². The first kappa shape index (κ1) is 22.1. The Morgan fingerprint density at radius 2 is 1.26 bits per heavy atom. The van der Waals surface area contributed by atoms with E-state index in [1.165, 1.54) is 12.2 Å². The molecule has 0 aliphatic heterocycles. The van der Waals surface area contributed by atoms with E-state index in [4.69, 9.17) is 0 Å². The highest BCUT2D eigenvalue weighted by Crippen LogP contribution is 2.32. The molecule has 0 nitrogen and oxygen atoms in total. The molecule has 2 aliphatic rings. The van der Waals surface area contributed by atoms with Gasteiger partial charge in [-0.25, -0.2) is 4.39 Å². The fourth-order valence-corrected chi connectivity index (χ4v) is 2.57. The number of halogens is 1. The number of hydrogen-bond donors (Lipinski definition) is 2. The summed E-state index contributed by atoms with van der Waals surface area (Å²) in [5, 5.41) is 0. The van der Waals surface area contributed by atoms with E-state index >= 15 is 0 Å². The fourth-order valence-electron chi connectivity index (χ4n) is 2.08. The van der Waals surface area contributed by atoms with Crippen LogP contribution in [-0.4, -0.2) is 9.49 Å². The molecule has 0 saturated carbocycles. The van der Waals surface area contributed by atoms with E-state index in [9.17, 15) is 4.39 Å². The molecule has 2 atom stereocenters. The highest BCUT2D eigenvalue weighted by molar-refractivity contribution is 7.82. The second-order valence-electron chi connectivity index (χ2n) is 5.23. The zero-order valence-corrected chi connectivity index (χ0v) is 16.8. The summed E-state index contributed by atoms with van der Waals surface area (Å²) in [6.45, 7) is 11.9. The molecule has 2 rings (SSSR count). The van der Waals surface area contributed by atoms with E-state index in [1.807, 2.05) is 71.9 Å². The van der Waals surface area contributed by atoms with E-state index in [2.05, 4.69) is 31.3 Å². The Morgan fingerprint density at radius 3 is 1.87 bits per heavy atom. The average molecular weight is 353 g/mol. The molecule has 0 aromatic rings. The van der Waals surface area contributed by atoms with Gasteiger partial charge in [0.1, 0.15) is 5.83 Å². The summed E-state index contributed by atoms with van der Waals surface area (Å²) < 4.78 is 12.6. The molecule has 0 bridgehead atoms. The average Bonchev–Trinajstić information content (AvgIpc) is 2.75. The summed E-state index contributed by atoms with van der Waals surface area (Å²) >= 11 is 9.07. The van der Waals surface area contributed by atoms with Gasteiger partial charge < -0.3 is 0 Å². The molecule has 0 radical (unpaired) electrons.